The summed E-state index contributed by atoms with van der Waals surface area (Å²) in [6.07, 6.45) is 31.9. The predicted octanol–water partition coefficient (Wildman–Crippen LogP) is 6.35. The molecule has 2 rings (SSSR count). The molecule has 1 saturated heterocycles. The van der Waals surface area contributed by atoms with E-state index in [1.165, 1.54) is 0 Å². The number of carbonyl (C=O) groups excluding carboxylic acids is 2. The molecule has 1 fully saturated rings. The highest BCUT2D eigenvalue weighted by Gasteiger charge is 2.19. The molecule has 0 radical (unpaired) electrons. The van der Waals surface area contributed by atoms with E-state index in [0.717, 1.165) is 83.5 Å². The number of nitrogens with one attached hydrogen (secondary N) is 2. The molecule has 0 aromatic carbocycles. The minimum absolute atomic E-state index is 0.201. The Labute approximate surface area is 281 Å². The first-order valence-electron chi connectivity index (χ1n) is 17.3. The molecule has 1 unspecified atom stereocenters. The molecule has 0 aliphatic carbocycles. The van der Waals surface area contributed by atoms with Gasteiger partial charge in [-0.3, -0.25) is 19.5 Å². The molecule has 9 nitrogen and oxygen atoms in total. The third-order valence-corrected chi connectivity index (χ3v) is 7.65. The summed E-state index contributed by atoms with van der Waals surface area (Å²) in [5.41, 5.74) is 1.45. The highest BCUT2D eigenvalue weighted by Crippen LogP contribution is 2.07. The molecule has 1 aromatic rings. The van der Waals surface area contributed by atoms with Crippen molar-refractivity contribution in [3.63, 3.8) is 0 Å². The molecule has 2 heterocycles. The predicted molar refractivity (Wildman–Crippen MR) is 189 cm³/mol. The monoisotopic (exact) mass is 648 g/mol. The molecule has 2 amide bonds. The van der Waals surface area contributed by atoms with Crippen molar-refractivity contribution in [3.05, 3.63) is 90.3 Å². The number of carboxylic acids is 1. The van der Waals surface area contributed by atoms with Crippen LogP contribution in [0.4, 0.5) is 0 Å². The van der Waals surface area contributed by atoms with Gasteiger partial charge in [-0.2, -0.15) is 0 Å². The number of ether oxygens (including phenoxy) is 1. The fourth-order valence-corrected chi connectivity index (χ4v) is 4.85. The molecular weight excluding hydrogens is 592 g/mol. The Balaban J connectivity index is 1.51. The van der Waals surface area contributed by atoms with Crippen LogP contribution in [0.5, 0.6) is 0 Å². The number of aliphatic carboxylic acids is 1. The van der Waals surface area contributed by atoms with E-state index in [1.54, 1.807) is 12.3 Å². The normalized spacial score (nSPS) is 15.0. The Morgan fingerprint density at radius 3 is 2.13 bits per heavy atom. The molecular formula is C38H56N4O5. The Morgan fingerprint density at radius 1 is 0.894 bits per heavy atom. The van der Waals surface area contributed by atoms with Crippen molar-refractivity contribution in [2.75, 3.05) is 39.4 Å². The number of morpholine rings is 1. The van der Waals surface area contributed by atoms with Gasteiger partial charge >= 0.3 is 5.97 Å². The summed E-state index contributed by atoms with van der Waals surface area (Å²) >= 11 is 0. The van der Waals surface area contributed by atoms with E-state index in [1.807, 2.05) is 6.07 Å². The zero-order valence-corrected chi connectivity index (χ0v) is 28.3. The summed E-state index contributed by atoms with van der Waals surface area (Å²) in [7, 11) is 0. The van der Waals surface area contributed by atoms with Crippen LogP contribution in [0.15, 0.2) is 79.1 Å². The third-order valence-electron chi connectivity index (χ3n) is 7.65. The average Bonchev–Trinajstić information content (AvgIpc) is 3.08. The number of hydrogen-bond donors (Lipinski definition) is 3. The maximum atomic E-state index is 12.5. The summed E-state index contributed by atoms with van der Waals surface area (Å²) < 4.78 is 5.37. The maximum absolute atomic E-state index is 12.5. The molecule has 9 heteroatoms. The number of allylic oxidation sites excluding steroid dienone is 10. The van der Waals surface area contributed by atoms with Crippen molar-refractivity contribution in [2.24, 2.45) is 0 Å². The van der Waals surface area contributed by atoms with E-state index in [0.29, 0.717) is 37.8 Å². The van der Waals surface area contributed by atoms with Crippen molar-refractivity contribution >= 4 is 17.8 Å². The first-order valence-corrected chi connectivity index (χ1v) is 17.3. The number of hydrogen-bond acceptors (Lipinski definition) is 6. The molecule has 1 atom stereocenters. The van der Waals surface area contributed by atoms with Crippen LogP contribution >= 0.6 is 0 Å². The third kappa shape index (κ3) is 20.1. The number of nitrogens with zero attached hydrogens (tertiary/aromatic N) is 2. The van der Waals surface area contributed by atoms with Crippen LogP contribution in [-0.2, 0) is 20.7 Å². The number of carbonyl (C=O) groups is 3. The molecule has 47 heavy (non-hydrogen) atoms. The molecule has 3 N–H and O–H groups in total. The zero-order valence-electron chi connectivity index (χ0n) is 28.3. The fraction of sp³-hybridized carbons (Fsp3) is 0.526. The summed E-state index contributed by atoms with van der Waals surface area (Å²) in [4.78, 5) is 43.2. The Bertz CT molecular complexity index is 1170. The van der Waals surface area contributed by atoms with Crippen molar-refractivity contribution in [2.45, 2.75) is 90.0 Å². The quantitative estimate of drug-likeness (QED) is 0.0883. The lowest BCUT2D eigenvalue weighted by molar-refractivity contribution is -0.142. The van der Waals surface area contributed by atoms with Gasteiger partial charge in [-0.15, -0.1) is 0 Å². The molecule has 0 saturated carbocycles. The van der Waals surface area contributed by atoms with Crippen molar-refractivity contribution in [3.8, 4) is 0 Å². The summed E-state index contributed by atoms with van der Waals surface area (Å²) in [5.74, 6) is -1.49. The Hall–Kier alpha value is -3.82. The highest BCUT2D eigenvalue weighted by atomic mass is 16.5. The first-order chi connectivity index (χ1) is 23.0. The van der Waals surface area contributed by atoms with Gasteiger partial charge in [0.1, 0.15) is 6.04 Å². The van der Waals surface area contributed by atoms with E-state index in [4.69, 9.17) is 4.74 Å². The lowest BCUT2D eigenvalue weighted by Gasteiger charge is -2.26. The zero-order chi connectivity index (χ0) is 33.8. The van der Waals surface area contributed by atoms with E-state index in [-0.39, 0.29) is 18.2 Å². The molecule has 0 spiro atoms. The average molecular weight is 649 g/mol. The minimum atomic E-state index is -1.04. The molecule has 1 aromatic heterocycles. The van der Waals surface area contributed by atoms with Gasteiger partial charge in [-0.25, -0.2) is 4.79 Å². The molecule has 0 bridgehead atoms. The van der Waals surface area contributed by atoms with Gasteiger partial charge in [0, 0.05) is 50.9 Å². The van der Waals surface area contributed by atoms with Gasteiger partial charge in [0.2, 0.25) is 5.91 Å². The van der Waals surface area contributed by atoms with Crippen LogP contribution in [0, 0.1) is 0 Å². The van der Waals surface area contributed by atoms with Crippen LogP contribution < -0.4 is 10.6 Å². The molecule has 1 aliphatic heterocycles. The van der Waals surface area contributed by atoms with Crippen molar-refractivity contribution < 1.29 is 24.2 Å². The lowest BCUT2D eigenvalue weighted by atomic mass is 10.1. The summed E-state index contributed by atoms with van der Waals surface area (Å²) in [6.45, 7) is 6.89. The van der Waals surface area contributed by atoms with Crippen LogP contribution in [0.1, 0.15) is 93.6 Å². The SMILES string of the molecule is CCC=CCC=CCC=CCC=CCC=CCCCC(=O)NC(CCCCNC(=O)c1ccc(CCN2CCOCC2)nc1)C(=O)O. The minimum Gasteiger partial charge on any atom is -0.480 e. The first kappa shape index (κ1) is 39.4. The van der Waals surface area contributed by atoms with Gasteiger partial charge < -0.3 is 20.5 Å². The second-order valence-electron chi connectivity index (χ2n) is 11.6. The van der Waals surface area contributed by atoms with E-state index >= 15 is 0 Å². The second kappa shape index (κ2) is 26.3. The second-order valence-corrected chi connectivity index (χ2v) is 11.6. The van der Waals surface area contributed by atoms with Crippen LogP contribution in [0.25, 0.3) is 0 Å². The van der Waals surface area contributed by atoms with E-state index in [2.05, 4.69) is 88.2 Å². The highest BCUT2D eigenvalue weighted by molar-refractivity contribution is 5.93. The van der Waals surface area contributed by atoms with Crippen molar-refractivity contribution in [1.29, 1.82) is 0 Å². The number of unbranched alkanes of at least 4 members (excludes halogenated alkanes) is 2. The van der Waals surface area contributed by atoms with Gasteiger partial charge in [-0.05, 0) is 76.3 Å². The van der Waals surface area contributed by atoms with Crippen LogP contribution in [0.3, 0.4) is 0 Å². The van der Waals surface area contributed by atoms with E-state index in [9.17, 15) is 19.5 Å². The standard InChI is InChI=1S/C38H56N4O5/c1-2-3-4-5-6-7-8-9-10-11-12-13-14-15-16-17-18-22-36(43)41-35(38(45)46)21-19-20-26-39-37(44)33-23-24-34(40-32-33)25-27-42-28-30-47-31-29-42/h3-4,6-7,9-10,12-13,15-16,23-24,32,35H,2,5,8,11,14,17-22,25-31H2,1H3,(H,39,44)(H,41,43)(H,45,46). The largest absolute Gasteiger partial charge is 0.480 e. The number of pyridine rings is 1. The van der Waals surface area contributed by atoms with Crippen LogP contribution in [0.2, 0.25) is 0 Å². The van der Waals surface area contributed by atoms with Gasteiger partial charge in [0.15, 0.2) is 0 Å². The smallest absolute Gasteiger partial charge is 0.326 e. The number of carboxylic acid groups (broad SMARTS) is 1. The van der Waals surface area contributed by atoms with E-state index < -0.39 is 12.0 Å². The van der Waals surface area contributed by atoms with Crippen molar-refractivity contribution in [1.82, 2.24) is 20.5 Å². The topological polar surface area (TPSA) is 121 Å². The summed E-state index contributed by atoms with van der Waals surface area (Å²) in [6, 6.07) is 2.74. The summed E-state index contributed by atoms with van der Waals surface area (Å²) in [5, 5.41) is 15.1. The van der Waals surface area contributed by atoms with Gasteiger partial charge in [0.25, 0.3) is 5.91 Å². The Morgan fingerprint density at radius 2 is 1.53 bits per heavy atom. The number of amides is 2. The molecule has 258 valence electrons. The van der Waals surface area contributed by atoms with Gasteiger partial charge in [0.05, 0.1) is 18.8 Å². The van der Waals surface area contributed by atoms with Gasteiger partial charge in [-0.1, -0.05) is 67.7 Å². The Kier molecular flexibility index (Phi) is 22.0. The maximum Gasteiger partial charge on any atom is 0.326 e. The number of aromatic nitrogens is 1. The molecule has 1 aliphatic rings. The fourth-order valence-electron chi connectivity index (χ4n) is 4.85. The number of rotatable bonds is 24. The lowest BCUT2D eigenvalue weighted by Crippen LogP contribution is -2.40. The van der Waals surface area contributed by atoms with Crippen LogP contribution in [-0.4, -0.2) is 78.2 Å².